The van der Waals surface area contributed by atoms with E-state index in [1.54, 1.807) is 0 Å². The maximum Gasteiger partial charge on any atom is 0.573 e. The largest absolute Gasteiger partial charge is 0.573 e. The van der Waals surface area contributed by atoms with Crippen molar-refractivity contribution < 1.29 is 32.6 Å². The molecule has 1 aliphatic heterocycles. The summed E-state index contributed by atoms with van der Waals surface area (Å²) in [5.41, 5.74) is 2.95. The Morgan fingerprint density at radius 2 is 1.85 bits per heavy atom. The van der Waals surface area contributed by atoms with Crippen LogP contribution in [0.1, 0.15) is 0 Å². The summed E-state index contributed by atoms with van der Waals surface area (Å²) in [4.78, 5) is 23.2. The molecule has 6 nitrogen and oxygen atoms in total. The van der Waals surface area contributed by atoms with Gasteiger partial charge in [-0.05, 0) is 30.3 Å². The van der Waals surface area contributed by atoms with Crippen molar-refractivity contribution >= 4 is 29.7 Å². The molecule has 1 aliphatic rings. The molecule has 0 bridgehead atoms. The highest BCUT2D eigenvalue weighted by Crippen LogP contribution is 2.26. The number of Topliss-reactive ketones (excluding diaryl/α,β-unsaturated/α-hetero) is 1. The number of carbonyl (C=O) groups excluding carboxylic acids is 2. The van der Waals surface area contributed by atoms with Gasteiger partial charge in [-0.2, -0.15) is 0 Å². The summed E-state index contributed by atoms with van der Waals surface area (Å²) in [5.74, 6) is -1.39. The van der Waals surface area contributed by atoms with Crippen LogP contribution in [0, 0.1) is 0 Å². The molecule has 0 fully saturated rings. The van der Waals surface area contributed by atoms with Gasteiger partial charge in [0.05, 0.1) is 5.69 Å². The number of phenols is 1. The van der Waals surface area contributed by atoms with E-state index in [9.17, 15) is 27.9 Å². The lowest BCUT2D eigenvalue weighted by atomic mass is 10.1. The SMILES string of the molecule is O=CC(=O)C1=c2cccc(O)c2=CNN1c1ccc(OC(F)(F)F)cc1. The Morgan fingerprint density at radius 1 is 1.15 bits per heavy atom. The molecule has 0 saturated carbocycles. The number of carbonyl (C=O) groups is 2. The zero-order valence-corrected chi connectivity index (χ0v) is 12.9. The second-order valence-corrected chi connectivity index (χ2v) is 5.22. The van der Waals surface area contributed by atoms with Gasteiger partial charge in [0, 0.05) is 16.6 Å². The predicted octanol–water partition coefficient (Wildman–Crippen LogP) is 0.930. The van der Waals surface area contributed by atoms with Crippen molar-refractivity contribution in [2.45, 2.75) is 6.36 Å². The highest BCUT2D eigenvalue weighted by Gasteiger charge is 2.31. The normalized spacial score (nSPS) is 13.3. The monoisotopic (exact) mass is 364 g/mol. The molecule has 0 aliphatic carbocycles. The van der Waals surface area contributed by atoms with Crippen LogP contribution in [-0.4, -0.2) is 23.5 Å². The van der Waals surface area contributed by atoms with Crippen LogP contribution in [0.3, 0.4) is 0 Å². The number of halogens is 3. The average Bonchev–Trinajstić information content (AvgIpc) is 2.60. The molecule has 0 amide bonds. The average molecular weight is 364 g/mol. The van der Waals surface area contributed by atoms with Gasteiger partial charge >= 0.3 is 6.36 Å². The summed E-state index contributed by atoms with van der Waals surface area (Å²) in [6.07, 6.45) is -3.30. The van der Waals surface area contributed by atoms with E-state index in [1.807, 2.05) is 0 Å². The smallest absolute Gasteiger partial charge is 0.507 e. The third-order valence-corrected chi connectivity index (χ3v) is 3.57. The van der Waals surface area contributed by atoms with Crippen LogP contribution in [0.15, 0.2) is 42.5 Å². The van der Waals surface area contributed by atoms with Gasteiger partial charge in [-0.15, -0.1) is 13.2 Å². The number of hydrogen-bond acceptors (Lipinski definition) is 6. The number of rotatable bonds is 4. The van der Waals surface area contributed by atoms with E-state index in [1.165, 1.54) is 41.5 Å². The van der Waals surface area contributed by atoms with E-state index in [4.69, 9.17) is 0 Å². The fraction of sp³-hybridized carbons (Fsp3) is 0.0588. The number of hydrogen-bond donors (Lipinski definition) is 2. The Labute approximate surface area is 144 Å². The predicted molar refractivity (Wildman–Crippen MR) is 85.0 cm³/mol. The van der Waals surface area contributed by atoms with Crippen molar-refractivity contribution in [3.8, 4) is 11.5 Å². The molecule has 0 radical (unpaired) electrons. The molecule has 26 heavy (non-hydrogen) atoms. The summed E-state index contributed by atoms with van der Waals surface area (Å²) in [6, 6.07) is 9.18. The molecule has 2 aromatic carbocycles. The number of nitrogens with one attached hydrogen (secondary N) is 1. The van der Waals surface area contributed by atoms with E-state index in [2.05, 4.69) is 10.2 Å². The summed E-state index contributed by atoms with van der Waals surface area (Å²) in [6.45, 7) is 0. The van der Waals surface area contributed by atoms with E-state index < -0.39 is 17.9 Å². The molecule has 0 unspecified atom stereocenters. The number of benzene rings is 2. The number of phenolic OH excluding ortho intramolecular Hbond substituents is 1. The van der Waals surface area contributed by atoms with Gasteiger partial charge in [-0.25, -0.2) is 0 Å². The molecule has 0 atom stereocenters. The molecule has 0 spiro atoms. The second kappa shape index (κ2) is 6.43. The first-order valence-electron chi connectivity index (χ1n) is 7.24. The number of anilines is 1. The van der Waals surface area contributed by atoms with Crippen molar-refractivity contribution in [1.82, 2.24) is 5.43 Å². The van der Waals surface area contributed by atoms with E-state index in [0.29, 0.717) is 10.4 Å². The number of nitrogens with zero attached hydrogens (tertiary/aromatic N) is 1. The van der Waals surface area contributed by atoms with Crippen LogP contribution in [-0.2, 0) is 9.59 Å². The van der Waals surface area contributed by atoms with Gasteiger partial charge in [0.1, 0.15) is 17.2 Å². The lowest BCUT2D eigenvalue weighted by Crippen LogP contribution is -2.49. The number of aromatic hydroxyl groups is 1. The first kappa shape index (κ1) is 17.3. The van der Waals surface area contributed by atoms with E-state index >= 15 is 0 Å². The minimum absolute atomic E-state index is 0.0714. The van der Waals surface area contributed by atoms with Gasteiger partial charge < -0.3 is 15.3 Å². The Bertz CT molecular complexity index is 985. The molecule has 3 rings (SSSR count). The zero-order chi connectivity index (χ0) is 18.9. The number of hydrazine groups is 1. The first-order chi connectivity index (χ1) is 12.3. The molecule has 1 heterocycles. The van der Waals surface area contributed by atoms with Crippen molar-refractivity contribution in [1.29, 1.82) is 0 Å². The standard InChI is InChI=1S/C17H11F3N2O4/c18-17(19,20)26-11-6-4-10(5-7-11)22-16(15(25)9-23)12-2-1-3-14(24)13(12)8-21-22/h1-9,21,24H. The van der Waals surface area contributed by atoms with Gasteiger partial charge in [-0.1, -0.05) is 12.1 Å². The van der Waals surface area contributed by atoms with Crippen molar-refractivity contribution in [2.24, 2.45) is 0 Å². The number of fused-ring (bicyclic) bond motifs is 1. The Balaban J connectivity index is 2.08. The number of ketones is 1. The maximum absolute atomic E-state index is 12.3. The van der Waals surface area contributed by atoms with Crippen LogP contribution in [0.2, 0.25) is 0 Å². The molecular formula is C17H11F3N2O4. The van der Waals surface area contributed by atoms with Crippen LogP contribution in [0.25, 0.3) is 11.9 Å². The van der Waals surface area contributed by atoms with Crippen molar-refractivity contribution in [3.05, 3.63) is 52.9 Å². The topological polar surface area (TPSA) is 78.9 Å². The summed E-state index contributed by atoms with van der Waals surface area (Å²) in [5, 5.41) is 11.7. The molecule has 0 saturated heterocycles. The van der Waals surface area contributed by atoms with Crippen LogP contribution >= 0.6 is 0 Å². The molecular weight excluding hydrogens is 353 g/mol. The minimum atomic E-state index is -4.82. The highest BCUT2D eigenvalue weighted by atomic mass is 19.4. The number of alkyl halides is 3. The third-order valence-electron chi connectivity index (χ3n) is 3.57. The Kier molecular flexibility index (Phi) is 4.29. The second-order valence-electron chi connectivity index (χ2n) is 5.22. The van der Waals surface area contributed by atoms with E-state index in [-0.39, 0.29) is 23.4 Å². The maximum atomic E-state index is 12.3. The molecule has 2 N–H and O–H groups in total. The van der Waals surface area contributed by atoms with E-state index in [0.717, 1.165) is 12.1 Å². The van der Waals surface area contributed by atoms with Crippen LogP contribution < -0.4 is 25.6 Å². The third kappa shape index (κ3) is 3.32. The quantitative estimate of drug-likeness (QED) is 0.621. The van der Waals surface area contributed by atoms with Crippen LogP contribution in [0.5, 0.6) is 11.5 Å². The Morgan fingerprint density at radius 3 is 2.46 bits per heavy atom. The summed E-state index contributed by atoms with van der Waals surface area (Å²) >= 11 is 0. The fourth-order valence-corrected chi connectivity index (χ4v) is 2.52. The van der Waals surface area contributed by atoms with Gasteiger partial charge in [-0.3, -0.25) is 14.6 Å². The van der Waals surface area contributed by atoms with Gasteiger partial charge in [0.25, 0.3) is 0 Å². The Hall–Kier alpha value is -3.49. The van der Waals surface area contributed by atoms with Gasteiger partial charge in [0.15, 0.2) is 6.29 Å². The van der Waals surface area contributed by atoms with Crippen molar-refractivity contribution in [3.63, 3.8) is 0 Å². The lowest BCUT2D eigenvalue weighted by Gasteiger charge is -2.28. The van der Waals surface area contributed by atoms with Crippen LogP contribution in [0.4, 0.5) is 18.9 Å². The number of aldehydes is 1. The number of ether oxygens (including phenoxy) is 1. The molecule has 2 aromatic rings. The van der Waals surface area contributed by atoms with Gasteiger partial charge in [0.2, 0.25) is 5.78 Å². The minimum Gasteiger partial charge on any atom is -0.507 e. The molecule has 9 heteroatoms. The molecule has 134 valence electrons. The molecule has 0 aromatic heterocycles. The summed E-state index contributed by atoms with van der Waals surface area (Å²) < 4.78 is 40.6. The zero-order valence-electron chi connectivity index (χ0n) is 12.9. The summed E-state index contributed by atoms with van der Waals surface area (Å²) in [7, 11) is 0. The highest BCUT2D eigenvalue weighted by molar-refractivity contribution is 6.45. The van der Waals surface area contributed by atoms with Crippen molar-refractivity contribution in [2.75, 3.05) is 5.01 Å². The fourth-order valence-electron chi connectivity index (χ4n) is 2.52. The lowest BCUT2D eigenvalue weighted by molar-refractivity contribution is -0.274. The first-order valence-corrected chi connectivity index (χ1v) is 7.24.